The monoisotopic (exact) mass is 254 g/mol. The second-order valence-corrected chi connectivity index (χ2v) is 4.81. The van der Waals surface area contributed by atoms with E-state index in [1.807, 2.05) is 12.3 Å². The molecule has 0 spiro atoms. The zero-order chi connectivity index (χ0) is 12.1. The van der Waals surface area contributed by atoms with Gasteiger partial charge in [0.15, 0.2) is 0 Å². The smallest absolute Gasteiger partial charge is 0.128 e. The number of nitrogens with zero attached hydrogens (tertiary/aromatic N) is 2. The Hall–Kier alpha value is -0.800. The van der Waals surface area contributed by atoms with E-state index in [2.05, 4.69) is 16.0 Å². The zero-order valence-electron chi connectivity index (χ0n) is 10.2. The van der Waals surface area contributed by atoms with Crippen LogP contribution in [0.15, 0.2) is 18.3 Å². The van der Waals surface area contributed by atoms with Crippen molar-refractivity contribution in [2.45, 2.75) is 18.7 Å². The first kappa shape index (κ1) is 12.7. The van der Waals surface area contributed by atoms with E-state index in [0.717, 1.165) is 31.1 Å². The van der Waals surface area contributed by atoms with Crippen molar-refractivity contribution in [1.29, 1.82) is 0 Å². The minimum absolute atomic E-state index is 0.551. The van der Waals surface area contributed by atoms with Crippen molar-refractivity contribution in [2.24, 2.45) is 5.92 Å². The fourth-order valence-corrected chi connectivity index (χ4v) is 2.45. The molecule has 0 radical (unpaired) electrons. The van der Waals surface area contributed by atoms with Crippen LogP contribution >= 0.6 is 11.6 Å². The molecule has 0 amide bonds. The predicted molar refractivity (Wildman–Crippen MR) is 70.6 cm³/mol. The van der Waals surface area contributed by atoms with Gasteiger partial charge < -0.3 is 9.64 Å². The number of anilines is 1. The normalized spacial score (nSPS) is 17.4. The van der Waals surface area contributed by atoms with E-state index in [9.17, 15) is 0 Å². The fourth-order valence-electron chi connectivity index (χ4n) is 2.28. The molecule has 17 heavy (non-hydrogen) atoms. The molecule has 0 N–H and O–H groups in total. The first-order valence-corrected chi connectivity index (χ1v) is 6.61. The highest BCUT2D eigenvalue weighted by Crippen LogP contribution is 2.22. The second kappa shape index (κ2) is 6.22. The van der Waals surface area contributed by atoms with Gasteiger partial charge in [-0.3, -0.25) is 0 Å². The molecule has 0 aliphatic carbocycles. The average molecular weight is 255 g/mol. The highest BCUT2D eigenvalue weighted by molar-refractivity contribution is 6.17. The molecule has 1 saturated heterocycles. The van der Waals surface area contributed by atoms with Crippen LogP contribution in [0.5, 0.6) is 0 Å². The van der Waals surface area contributed by atoms with Crippen LogP contribution in [0.1, 0.15) is 18.4 Å². The van der Waals surface area contributed by atoms with Crippen LogP contribution < -0.4 is 4.90 Å². The van der Waals surface area contributed by atoms with Gasteiger partial charge in [-0.15, -0.1) is 11.6 Å². The predicted octanol–water partition coefficient (Wildman–Crippen LogP) is 2.68. The van der Waals surface area contributed by atoms with E-state index in [4.69, 9.17) is 16.3 Å². The summed E-state index contributed by atoms with van der Waals surface area (Å²) in [4.78, 5) is 6.75. The Balaban J connectivity index is 1.95. The Morgan fingerprint density at radius 1 is 1.47 bits per heavy atom. The molecule has 0 aromatic carbocycles. The zero-order valence-corrected chi connectivity index (χ0v) is 11.0. The maximum Gasteiger partial charge on any atom is 0.128 e. The molecule has 0 bridgehead atoms. The Morgan fingerprint density at radius 3 is 2.88 bits per heavy atom. The number of pyridine rings is 1. The number of alkyl halides is 1. The highest BCUT2D eigenvalue weighted by atomic mass is 35.5. The maximum absolute atomic E-state index is 5.84. The molecule has 2 rings (SSSR count). The summed E-state index contributed by atoms with van der Waals surface area (Å²) in [6.45, 7) is 3.00. The van der Waals surface area contributed by atoms with E-state index in [1.165, 1.54) is 12.8 Å². The number of ether oxygens (including phenoxy) is 1. The lowest BCUT2D eigenvalue weighted by molar-refractivity contribution is 0.139. The van der Waals surface area contributed by atoms with Crippen molar-refractivity contribution in [3.05, 3.63) is 23.9 Å². The summed E-state index contributed by atoms with van der Waals surface area (Å²) in [5, 5.41) is 0. The van der Waals surface area contributed by atoms with Crippen molar-refractivity contribution in [2.75, 3.05) is 31.7 Å². The number of piperidine rings is 1. The molecular formula is C13H19ClN2O. The third-order valence-electron chi connectivity index (χ3n) is 3.31. The molecule has 1 aromatic heterocycles. The fraction of sp³-hybridized carbons (Fsp3) is 0.615. The van der Waals surface area contributed by atoms with Crippen LogP contribution in [-0.2, 0) is 10.6 Å². The standard InChI is InChI=1S/C13H19ClN2O/c1-17-10-11-3-6-16(7-4-11)13-8-12(9-14)2-5-15-13/h2,5,8,11H,3-4,6-7,9-10H2,1H3. The van der Waals surface area contributed by atoms with Crippen molar-refractivity contribution in [3.8, 4) is 0 Å². The van der Waals surface area contributed by atoms with Crippen molar-refractivity contribution < 1.29 is 4.74 Å². The largest absolute Gasteiger partial charge is 0.384 e. The minimum Gasteiger partial charge on any atom is -0.384 e. The molecule has 2 heterocycles. The summed E-state index contributed by atoms with van der Waals surface area (Å²) >= 11 is 5.84. The highest BCUT2D eigenvalue weighted by Gasteiger charge is 2.19. The molecule has 1 aliphatic rings. The molecule has 0 unspecified atom stereocenters. The summed E-state index contributed by atoms with van der Waals surface area (Å²) in [5.74, 6) is 2.31. The van der Waals surface area contributed by atoms with Crippen LogP contribution in [0.25, 0.3) is 0 Å². The first-order valence-electron chi connectivity index (χ1n) is 6.08. The Morgan fingerprint density at radius 2 is 2.24 bits per heavy atom. The van der Waals surface area contributed by atoms with E-state index in [-0.39, 0.29) is 0 Å². The second-order valence-electron chi connectivity index (χ2n) is 4.54. The van der Waals surface area contributed by atoms with Crippen LogP contribution in [0.3, 0.4) is 0 Å². The molecule has 1 aromatic rings. The van der Waals surface area contributed by atoms with Gasteiger partial charge in [-0.05, 0) is 36.5 Å². The summed E-state index contributed by atoms with van der Waals surface area (Å²) in [5.41, 5.74) is 1.13. The van der Waals surface area contributed by atoms with Gasteiger partial charge >= 0.3 is 0 Å². The van der Waals surface area contributed by atoms with E-state index < -0.39 is 0 Å². The third kappa shape index (κ3) is 3.33. The number of aromatic nitrogens is 1. The van der Waals surface area contributed by atoms with Crippen molar-refractivity contribution >= 4 is 17.4 Å². The SMILES string of the molecule is COCC1CCN(c2cc(CCl)ccn2)CC1. The topological polar surface area (TPSA) is 25.4 Å². The lowest BCUT2D eigenvalue weighted by atomic mass is 9.98. The van der Waals surface area contributed by atoms with Gasteiger partial charge in [0.1, 0.15) is 5.82 Å². The van der Waals surface area contributed by atoms with Gasteiger partial charge in [0.2, 0.25) is 0 Å². The van der Waals surface area contributed by atoms with Gasteiger partial charge in [-0.1, -0.05) is 0 Å². The molecule has 1 aliphatic heterocycles. The van der Waals surface area contributed by atoms with Gasteiger partial charge in [0, 0.05) is 38.9 Å². The minimum atomic E-state index is 0.551. The Kier molecular flexibility index (Phi) is 4.63. The summed E-state index contributed by atoms with van der Waals surface area (Å²) < 4.78 is 5.21. The van der Waals surface area contributed by atoms with Crippen LogP contribution in [-0.4, -0.2) is 31.8 Å². The van der Waals surface area contributed by atoms with E-state index in [1.54, 1.807) is 7.11 Å². The quantitative estimate of drug-likeness (QED) is 0.773. The number of hydrogen-bond acceptors (Lipinski definition) is 3. The molecule has 3 nitrogen and oxygen atoms in total. The molecule has 4 heteroatoms. The number of halogens is 1. The first-order chi connectivity index (χ1) is 8.33. The summed E-state index contributed by atoms with van der Waals surface area (Å²) in [6, 6.07) is 4.05. The van der Waals surface area contributed by atoms with Gasteiger partial charge in [0.05, 0.1) is 0 Å². The van der Waals surface area contributed by atoms with Gasteiger partial charge in [0.25, 0.3) is 0 Å². The van der Waals surface area contributed by atoms with E-state index >= 15 is 0 Å². The number of rotatable bonds is 4. The Labute approximate surface area is 108 Å². The van der Waals surface area contributed by atoms with Crippen molar-refractivity contribution in [3.63, 3.8) is 0 Å². The molecule has 0 atom stereocenters. The van der Waals surface area contributed by atoms with Gasteiger partial charge in [-0.25, -0.2) is 4.98 Å². The average Bonchev–Trinajstić information content (AvgIpc) is 2.40. The lowest BCUT2D eigenvalue weighted by Gasteiger charge is -2.32. The van der Waals surface area contributed by atoms with Gasteiger partial charge in [-0.2, -0.15) is 0 Å². The number of hydrogen-bond donors (Lipinski definition) is 0. The van der Waals surface area contributed by atoms with Crippen LogP contribution in [0.2, 0.25) is 0 Å². The summed E-state index contributed by atoms with van der Waals surface area (Å²) in [6.07, 6.45) is 4.20. The van der Waals surface area contributed by atoms with Crippen molar-refractivity contribution in [1.82, 2.24) is 4.98 Å². The van der Waals surface area contributed by atoms with E-state index in [0.29, 0.717) is 11.8 Å². The summed E-state index contributed by atoms with van der Waals surface area (Å²) in [7, 11) is 1.78. The number of methoxy groups -OCH3 is 1. The Bertz CT molecular complexity index is 351. The molecular weight excluding hydrogens is 236 g/mol. The third-order valence-corrected chi connectivity index (χ3v) is 3.61. The van der Waals surface area contributed by atoms with Crippen LogP contribution in [0, 0.1) is 5.92 Å². The molecule has 94 valence electrons. The molecule has 1 fully saturated rings. The maximum atomic E-state index is 5.84. The molecule has 0 saturated carbocycles. The van der Waals surface area contributed by atoms with Crippen LogP contribution in [0.4, 0.5) is 5.82 Å². The lowest BCUT2D eigenvalue weighted by Crippen LogP contribution is -2.35.